The van der Waals surface area contributed by atoms with Crippen LogP contribution in [0.5, 0.6) is 5.75 Å². The number of ether oxygens (including phenoxy) is 1. The summed E-state index contributed by atoms with van der Waals surface area (Å²) in [7, 11) is 0. The van der Waals surface area contributed by atoms with E-state index in [4.69, 9.17) is 9.84 Å². The first kappa shape index (κ1) is 11.2. The van der Waals surface area contributed by atoms with E-state index < -0.39 is 11.9 Å². The Morgan fingerprint density at radius 1 is 1.20 bits per heavy atom. The highest BCUT2D eigenvalue weighted by atomic mass is 16.5. The van der Waals surface area contributed by atoms with Crippen LogP contribution in [0.15, 0.2) is 30.3 Å². The number of hydrogen-bond donors (Lipinski definition) is 2. The zero-order chi connectivity index (χ0) is 11.1. The third-order valence-corrected chi connectivity index (χ3v) is 1.52. The van der Waals surface area contributed by atoms with Crippen molar-refractivity contribution in [3.63, 3.8) is 0 Å². The van der Waals surface area contributed by atoms with Crippen molar-refractivity contribution in [1.82, 2.24) is 5.32 Å². The molecule has 0 aliphatic heterocycles. The normalized spacial score (nSPS) is 9.60. The van der Waals surface area contributed by atoms with Gasteiger partial charge in [0.1, 0.15) is 5.75 Å². The number of carboxylic acid groups (broad SMARTS) is 1. The molecule has 2 N–H and O–H groups in total. The Kier molecular flexibility index (Phi) is 4.30. The van der Waals surface area contributed by atoms with Crippen molar-refractivity contribution in [3.05, 3.63) is 30.3 Å². The average molecular weight is 209 g/mol. The van der Waals surface area contributed by atoms with Gasteiger partial charge in [-0.2, -0.15) is 0 Å². The Hall–Kier alpha value is -1.88. The van der Waals surface area contributed by atoms with Crippen molar-refractivity contribution in [2.45, 2.75) is 0 Å². The minimum Gasteiger partial charge on any atom is -0.480 e. The van der Waals surface area contributed by atoms with E-state index in [2.05, 4.69) is 5.32 Å². The topological polar surface area (TPSA) is 75.6 Å². The summed E-state index contributed by atoms with van der Waals surface area (Å²) in [6.07, 6.45) is 0. The van der Waals surface area contributed by atoms with E-state index in [-0.39, 0.29) is 13.1 Å². The third kappa shape index (κ3) is 4.78. The predicted octanol–water partition coefficient (Wildman–Crippen LogP) is 0.266. The van der Waals surface area contributed by atoms with Crippen LogP contribution >= 0.6 is 0 Å². The van der Waals surface area contributed by atoms with Crippen LogP contribution in [0.2, 0.25) is 0 Å². The van der Waals surface area contributed by atoms with Gasteiger partial charge in [0.25, 0.3) is 0 Å². The van der Waals surface area contributed by atoms with Gasteiger partial charge in [-0.3, -0.25) is 14.9 Å². The first-order chi connectivity index (χ1) is 7.18. The van der Waals surface area contributed by atoms with Gasteiger partial charge in [-0.15, -0.1) is 0 Å². The van der Waals surface area contributed by atoms with Crippen LogP contribution in [-0.4, -0.2) is 30.1 Å². The number of rotatable bonds is 5. The lowest BCUT2D eigenvalue weighted by molar-refractivity contribution is -0.136. The highest BCUT2D eigenvalue weighted by molar-refractivity contribution is 5.75. The number of para-hydroxylation sites is 1. The van der Waals surface area contributed by atoms with E-state index in [1.165, 1.54) is 0 Å². The highest BCUT2D eigenvalue weighted by Gasteiger charge is 2.04. The van der Waals surface area contributed by atoms with Crippen LogP contribution in [0.4, 0.5) is 0 Å². The molecular weight excluding hydrogens is 198 g/mol. The minimum atomic E-state index is -1.01. The zero-order valence-corrected chi connectivity index (χ0v) is 7.97. The maximum absolute atomic E-state index is 11.1. The fraction of sp³-hybridized carbons (Fsp3) is 0.200. The van der Waals surface area contributed by atoms with Gasteiger partial charge in [-0.1, -0.05) is 18.2 Å². The number of carboxylic acids is 1. The molecule has 0 saturated heterocycles. The Labute approximate surface area is 86.7 Å². The van der Waals surface area contributed by atoms with Gasteiger partial charge in [-0.05, 0) is 12.1 Å². The van der Waals surface area contributed by atoms with Crippen LogP contribution in [0.1, 0.15) is 0 Å². The zero-order valence-electron chi connectivity index (χ0n) is 7.97. The lowest BCUT2D eigenvalue weighted by Gasteiger charge is -2.03. The number of nitrogens with one attached hydrogen (secondary N) is 1. The minimum absolute atomic E-state index is 0.124. The van der Waals surface area contributed by atoms with Gasteiger partial charge >= 0.3 is 11.9 Å². The van der Waals surface area contributed by atoms with Crippen molar-refractivity contribution in [2.24, 2.45) is 0 Å². The summed E-state index contributed by atoms with van der Waals surface area (Å²) in [6, 6.07) is 8.59. The van der Waals surface area contributed by atoms with Crippen LogP contribution in [0.3, 0.4) is 0 Å². The van der Waals surface area contributed by atoms with Gasteiger partial charge in [0.2, 0.25) is 0 Å². The number of carbonyl (C=O) groups excluding carboxylic acids is 1. The standard InChI is InChI=1S/C10H11NO4/c12-9(13)6-11-7-10(14)15-8-4-2-1-3-5-8/h1-5,11H,6-7H2,(H,12,13). The summed E-state index contributed by atoms with van der Waals surface area (Å²) in [5.74, 6) is -1.08. The molecule has 80 valence electrons. The van der Waals surface area contributed by atoms with Gasteiger partial charge < -0.3 is 9.84 Å². The maximum atomic E-state index is 11.1. The summed E-state index contributed by atoms with van der Waals surface area (Å²) >= 11 is 0. The molecule has 0 atom stereocenters. The average Bonchev–Trinajstić information content (AvgIpc) is 2.18. The summed E-state index contributed by atoms with van der Waals surface area (Å²) in [6.45, 7) is -0.384. The van der Waals surface area contributed by atoms with Crippen molar-refractivity contribution in [3.8, 4) is 5.75 Å². The quantitative estimate of drug-likeness (QED) is 0.537. The molecule has 5 nitrogen and oxygen atoms in total. The molecule has 0 saturated carbocycles. The highest BCUT2D eigenvalue weighted by Crippen LogP contribution is 2.07. The molecule has 0 spiro atoms. The van der Waals surface area contributed by atoms with E-state index >= 15 is 0 Å². The Bertz CT molecular complexity index is 337. The molecule has 0 aliphatic rings. The van der Waals surface area contributed by atoms with Gasteiger partial charge in [-0.25, -0.2) is 0 Å². The Balaban J connectivity index is 2.28. The molecule has 0 bridgehead atoms. The molecule has 15 heavy (non-hydrogen) atoms. The van der Waals surface area contributed by atoms with Crippen molar-refractivity contribution >= 4 is 11.9 Å². The molecule has 0 amide bonds. The van der Waals surface area contributed by atoms with E-state index in [0.717, 1.165) is 0 Å². The first-order valence-corrected chi connectivity index (χ1v) is 4.37. The lowest BCUT2D eigenvalue weighted by Crippen LogP contribution is -2.30. The number of benzene rings is 1. The Morgan fingerprint density at radius 2 is 1.87 bits per heavy atom. The maximum Gasteiger partial charge on any atom is 0.325 e. The molecular formula is C10H11NO4. The van der Waals surface area contributed by atoms with Crippen LogP contribution in [-0.2, 0) is 9.59 Å². The SMILES string of the molecule is O=C(O)CNCC(=O)Oc1ccccc1. The van der Waals surface area contributed by atoms with Gasteiger partial charge in [0, 0.05) is 0 Å². The van der Waals surface area contributed by atoms with Crippen LogP contribution < -0.4 is 10.1 Å². The second-order valence-electron chi connectivity index (χ2n) is 2.78. The molecule has 0 unspecified atom stereocenters. The molecule has 1 aromatic carbocycles. The molecule has 1 aromatic rings. The van der Waals surface area contributed by atoms with Crippen molar-refractivity contribution in [1.29, 1.82) is 0 Å². The van der Waals surface area contributed by atoms with Crippen LogP contribution in [0, 0.1) is 0 Å². The molecule has 0 aliphatic carbocycles. The molecule has 1 rings (SSSR count). The molecule has 0 heterocycles. The summed E-state index contributed by atoms with van der Waals surface area (Å²) < 4.78 is 4.90. The fourth-order valence-electron chi connectivity index (χ4n) is 0.928. The number of hydrogen-bond acceptors (Lipinski definition) is 4. The molecule has 0 fully saturated rings. The monoisotopic (exact) mass is 209 g/mol. The summed E-state index contributed by atoms with van der Waals surface area (Å²) in [5, 5.41) is 10.7. The number of esters is 1. The molecule has 0 aromatic heterocycles. The second-order valence-corrected chi connectivity index (χ2v) is 2.78. The van der Waals surface area contributed by atoms with Gasteiger partial charge in [0.15, 0.2) is 0 Å². The Morgan fingerprint density at radius 3 is 2.47 bits per heavy atom. The number of aliphatic carboxylic acids is 1. The summed E-state index contributed by atoms with van der Waals surface area (Å²) in [4.78, 5) is 21.2. The van der Waals surface area contributed by atoms with E-state index in [9.17, 15) is 9.59 Å². The van der Waals surface area contributed by atoms with Crippen LogP contribution in [0.25, 0.3) is 0 Å². The lowest BCUT2D eigenvalue weighted by atomic mass is 10.3. The van der Waals surface area contributed by atoms with E-state index in [1.54, 1.807) is 30.3 Å². The van der Waals surface area contributed by atoms with Gasteiger partial charge in [0.05, 0.1) is 13.1 Å². The molecule has 5 heteroatoms. The predicted molar refractivity (Wildman–Crippen MR) is 52.6 cm³/mol. The van der Waals surface area contributed by atoms with Crippen molar-refractivity contribution < 1.29 is 19.4 Å². The van der Waals surface area contributed by atoms with E-state index in [1.807, 2.05) is 0 Å². The second kappa shape index (κ2) is 5.77. The number of carbonyl (C=O) groups is 2. The molecule has 0 radical (unpaired) electrons. The van der Waals surface area contributed by atoms with E-state index in [0.29, 0.717) is 5.75 Å². The summed E-state index contributed by atoms with van der Waals surface area (Å²) in [5.41, 5.74) is 0. The van der Waals surface area contributed by atoms with Crippen molar-refractivity contribution in [2.75, 3.05) is 13.1 Å². The smallest absolute Gasteiger partial charge is 0.325 e. The largest absolute Gasteiger partial charge is 0.480 e. The first-order valence-electron chi connectivity index (χ1n) is 4.37. The third-order valence-electron chi connectivity index (χ3n) is 1.52. The fourth-order valence-corrected chi connectivity index (χ4v) is 0.928.